The molecule has 1 saturated heterocycles. The number of hydrogen-bond acceptors (Lipinski definition) is 6. The summed E-state index contributed by atoms with van der Waals surface area (Å²) in [5.41, 5.74) is 1.05. The van der Waals surface area contributed by atoms with Crippen molar-refractivity contribution in [1.29, 1.82) is 0 Å². The SMILES string of the molecule is C=C(C)/C(=C\C(=N/C)n1cccc(C2CCOCC2)c1=O)n1c(C)cc(OCc2ncc(F)cc2F)c(Cl)c1=O. The average Bonchev–Trinajstić information content (AvgIpc) is 2.93. The van der Waals surface area contributed by atoms with Crippen LogP contribution in [0.25, 0.3) is 5.70 Å². The molecule has 0 atom stereocenters. The molecule has 0 amide bonds. The van der Waals surface area contributed by atoms with Gasteiger partial charge in [-0.05, 0) is 44.2 Å². The molecule has 0 spiro atoms. The van der Waals surface area contributed by atoms with E-state index in [1.165, 1.54) is 15.2 Å². The van der Waals surface area contributed by atoms with Crippen LogP contribution in [0.2, 0.25) is 5.02 Å². The summed E-state index contributed by atoms with van der Waals surface area (Å²) in [6, 6.07) is 5.83. The Morgan fingerprint density at radius 2 is 2.00 bits per heavy atom. The zero-order valence-electron chi connectivity index (χ0n) is 22.4. The third-order valence-electron chi connectivity index (χ3n) is 6.61. The van der Waals surface area contributed by atoms with Gasteiger partial charge in [-0.15, -0.1) is 0 Å². The average molecular weight is 571 g/mol. The van der Waals surface area contributed by atoms with Crippen LogP contribution in [0.4, 0.5) is 8.78 Å². The topological polar surface area (TPSA) is 87.7 Å². The Morgan fingerprint density at radius 3 is 2.65 bits per heavy atom. The maximum atomic E-state index is 14.0. The van der Waals surface area contributed by atoms with Crippen LogP contribution in [-0.2, 0) is 11.3 Å². The Bertz CT molecular complexity index is 1620. The molecule has 4 rings (SSSR count). The number of ether oxygens (including phenoxy) is 2. The van der Waals surface area contributed by atoms with Crippen molar-refractivity contribution in [3.05, 3.63) is 109 Å². The summed E-state index contributed by atoms with van der Waals surface area (Å²) in [7, 11) is 1.55. The molecule has 1 fully saturated rings. The molecule has 1 aliphatic rings. The van der Waals surface area contributed by atoms with Crippen molar-refractivity contribution >= 4 is 23.1 Å². The number of aliphatic imine (C=N–C) groups is 1. The second-order valence-electron chi connectivity index (χ2n) is 9.39. The Labute approximate surface area is 234 Å². The molecule has 8 nitrogen and oxygen atoms in total. The van der Waals surface area contributed by atoms with Gasteiger partial charge in [0, 0.05) is 55.9 Å². The van der Waals surface area contributed by atoms with Gasteiger partial charge in [0.25, 0.3) is 11.1 Å². The Morgan fingerprint density at radius 1 is 1.27 bits per heavy atom. The van der Waals surface area contributed by atoms with Gasteiger partial charge < -0.3 is 9.47 Å². The highest BCUT2D eigenvalue weighted by Gasteiger charge is 2.21. The highest BCUT2D eigenvalue weighted by atomic mass is 35.5. The van der Waals surface area contributed by atoms with Crippen molar-refractivity contribution in [1.82, 2.24) is 14.1 Å². The summed E-state index contributed by atoms with van der Waals surface area (Å²) in [6.07, 6.45) is 5.61. The first-order valence-electron chi connectivity index (χ1n) is 12.6. The van der Waals surface area contributed by atoms with Crippen LogP contribution in [0.15, 0.2) is 69.5 Å². The van der Waals surface area contributed by atoms with Gasteiger partial charge in [-0.3, -0.25) is 28.7 Å². The number of pyridine rings is 3. The summed E-state index contributed by atoms with van der Waals surface area (Å²) in [6.45, 7) is 8.24. The lowest BCUT2D eigenvalue weighted by Gasteiger charge is -2.22. The van der Waals surface area contributed by atoms with Crippen molar-refractivity contribution in [2.24, 2.45) is 4.99 Å². The molecule has 0 unspecified atom stereocenters. The Hall–Kier alpha value is -3.89. The number of allylic oxidation sites excluding steroid dienone is 3. The van der Waals surface area contributed by atoms with Crippen molar-refractivity contribution in [2.45, 2.75) is 39.2 Å². The van der Waals surface area contributed by atoms with Crippen LogP contribution in [0.5, 0.6) is 5.75 Å². The quantitative estimate of drug-likeness (QED) is 0.224. The van der Waals surface area contributed by atoms with E-state index in [-0.39, 0.29) is 34.6 Å². The highest BCUT2D eigenvalue weighted by molar-refractivity contribution is 6.31. The van der Waals surface area contributed by atoms with E-state index in [0.29, 0.717) is 47.6 Å². The predicted molar refractivity (Wildman–Crippen MR) is 150 cm³/mol. The van der Waals surface area contributed by atoms with E-state index < -0.39 is 17.2 Å². The summed E-state index contributed by atoms with van der Waals surface area (Å²) in [4.78, 5) is 34.9. The van der Waals surface area contributed by atoms with Crippen molar-refractivity contribution < 1.29 is 18.3 Å². The van der Waals surface area contributed by atoms with Gasteiger partial charge in [-0.2, -0.15) is 0 Å². The van der Waals surface area contributed by atoms with E-state index >= 15 is 0 Å². The van der Waals surface area contributed by atoms with Crippen LogP contribution in [0, 0.1) is 18.6 Å². The fourth-order valence-corrected chi connectivity index (χ4v) is 4.73. The fraction of sp³-hybridized carbons (Fsp3) is 0.310. The molecule has 0 radical (unpaired) electrons. The van der Waals surface area contributed by atoms with E-state index in [9.17, 15) is 18.4 Å². The Kier molecular flexibility index (Phi) is 9.11. The van der Waals surface area contributed by atoms with E-state index in [1.807, 2.05) is 6.07 Å². The Balaban J connectivity index is 1.71. The van der Waals surface area contributed by atoms with Gasteiger partial charge in [0.1, 0.15) is 34.7 Å². The predicted octanol–water partition coefficient (Wildman–Crippen LogP) is 5.11. The molecule has 0 aromatic carbocycles. The molecule has 3 aromatic rings. The van der Waals surface area contributed by atoms with Gasteiger partial charge in [-0.1, -0.05) is 24.2 Å². The minimum absolute atomic E-state index is 0.0109. The molecule has 4 heterocycles. The lowest BCUT2D eigenvalue weighted by molar-refractivity contribution is 0.0850. The molecular formula is C29H29ClF2N4O4. The largest absolute Gasteiger partial charge is 0.485 e. The van der Waals surface area contributed by atoms with Gasteiger partial charge in [0.05, 0.1) is 11.9 Å². The first-order chi connectivity index (χ1) is 19.1. The monoisotopic (exact) mass is 570 g/mol. The van der Waals surface area contributed by atoms with Gasteiger partial charge in [-0.25, -0.2) is 8.78 Å². The second kappa shape index (κ2) is 12.5. The van der Waals surface area contributed by atoms with Crippen LogP contribution in [0.3, 0.4) is 0 Å². The number of rotatable bonds is 7. The standard InChI is InChI=1S/C29H29ClF2N4O4/c1-17(2)24(14-26(33-4)35-9-5-6-21(28(35)37)19-7-10-39-11-8-19)36-18(3)12-25(27(30)29(36)38)40-16-23-22(32)13-20(31)15-34-23/h5-6,9,12-15,19H,1,7-8,10-11,16H2,2-4H3/b24-14+,33-26+. The van der Waals surface area contributed by atoms with Gasteiger partial charge in [0.15, 0.2) is 5.82 Å². The lowest BCUT2D eigenvalue weighted by atomic mass is 9.93. The zero-order chi connectivity index (χ0) is 29.0. The van der Waals surface area contributed by atoms with Gasteiger partial charge in [0.2, 0.25) is 0 Å². The van der Waals surface area contributed by atoms with Crippen molar-refractivity contribution in [3.63, 3.8) is 0 Å². The van der Waals surface area contributed by atoms with Crippen molar-refractivity contribution in [2.75, 3.05) is 20.3 Å². The van der Waals surface area contributed by atoms with Crippen LogP contribution in [0.1, 0.15) is 42.6 Å². The van der Waals surface area contributed by atoms with Crippen molar-refractivity contribution in [3.8, 4) is 5.75 Å². The summed E-state index contributed by atoms with van der Waals surface area (Å²) in [5.74, 6) is -1.29. The molecular weight excluding hydrogens is 542 g/mol. The molecule has 0 N–H and O–H groups in total. The maximum absolute atomic E-state index is 14.0. The molecule has 0 bridgehead atoms. The molecule has 0 aliphatic carbocycles. The minimum Gasteiger partial charge on any atom is -0.485 e. The van der Waals surface area contributed by atoms with E-state index in [2.05, 4.69) is 16.6 Å². The van der Waals surface area contributed by atoms with Crippen LogP contribution < -0.4 is 15.9 Å². The minimum atomic E-state index is -0.879. The summed E-state index contributed by atoms with van der Waals surface area (Å²) < 4.78 is 40.9. The molecule has 3 aromatic heterocycles. The van der Waals surface area contributed by atoms with E-state index in [0.717, 1.165) is 19.0 Å². The van der Waals surface area contributed by atoms with Crippen LogP contribution in [-0.4, -0.2) is 40.2 Å². The molecule has 210 valence electrons. The molecule has 0 saturated carbocycles. The number of halogens is 3. The molecule has 40 heavy (non-hydrogen) atoms. The first-order valence-corrected chi connectivity index (χ1v) is 13.0. The number of nitrogens with zero attached hydrogens (tertiary/aromatic N) is 4. The zero-order valence-corrected chi connectivity index (χ0v) is 23.2. The maximum Gasteiger partial charge on any atom is 0.277 e. The fourth-order valence-electron chi connectivity index (χ4n) is 4.53. The van der Waals surface area contributed by atoms with Crippen LogP contribution >= 0.6 is 11.6 Å². The van der Waals surface area contributed by atoms with Gasteiger partial charge >= 0.3 is 0 Å². The summed E-state index contributed by atoms with van der Waals surface area (Å²) >= 11 is 6.38. The smallest absolute Gasteiger partial charge is 0.277 e. The number of hydrogen-bond donors (Lipinski definition) is 0. The lowest BCUT2D eigenvalue weighted by Crippen LogP contribution is -2.31. The third kappa shape index (κ3) is 6.13. The third-order valence-corrected chi connectivity index (χ3v) is 6.95. The molecule has 1 aliphatic heterocycles. The normalized spacial score (nSPS) is 14.8. The number of aryl methyl sites for hydroxylation is 1. The number of aromatic nitrogens is 3. The van der Waals surface area contributed by atoms with E-state index in [4.69, 9.17) is 21.1 Å². The first kappa shape index (κ1) is 29.1. The molecule has 11 heteroatoms. The van der Waals surface area contributed by atoms with E-state index in [1.54, 1.807) is 39.2 Å². The highest BCUT2D eigenvalue weighted by Crippen LogP contribution is 2.27. The second-order valence-corrected chi connectivity index (χ2v) is 9.77. The summed E-state index contributed by atoms with van der Waals surface area (Å²) in [5, 5.41) is -0.256.